The van der Waals surface area contributed by atoms with Gasteiger partial charge in [-0.05, 0) is 36.2 Å². The number of nitrogens with zero attached hydrogens (tertiary/aromatic N) is 1. The van der Waals surface area contributed by atoms with E-state index in [1.165, 1.54) is 11.3 Å². The van der Waals surface area contributed by atoms with E-state index in [0.29, 0.717) is 5.56 Å². The summed E-state index contributed by atoms with van der Waals surface area (Å²) in [6, 6.07) is 17.8. The van der Waals surface area contributed by atoms with Gasteiger partial charge in [0.2, 0.25) is 5.91 Å². The topological polar surface area (TPSA) is 58.4 Å². The second kappa shape index (κ2) is 7.11. The van der Waals surface area contributed by atoms with E-state index in [-0.39, 0.29) is 0 Å². The summed E-state index contributed by atoms with van der Waals surface area (Å²) in [5, 5.41) is 3.41. The SMILES string of the molecule is NC(=O)c1ccc(NC2=CCN(Cc3ccccc3)CC2)cc1. The molecule has 23 heavy (non-hydrogen) atoms. The minimum atomic E-state index is -0.398. The molecule has 0 unspecified atom stereocenters. The van der Waals surface area contributed by atoms with Crippen molar-refractivity contribution in [2.24, 2.45) is 5.73 Å². The van der Waals surface area contributed by atoms with Gasteiger partial charge in [0, 0.05) is 36.6 Å². The van der Waals surface area contributed by atoms with Crippen molar-refractivity contribution in [2.45, 2.75) is 13.0 Å². The lowest BCUT2D eigenvalue weighted by molar-refractivity contribution is 0.100. The number of rotatable bonds is 5. The van der Waals surface area contributed by atoms with Gasteiger partial charge in [-0.1, -0.05) is 36.4 Å². The zero-order valence-electron chi connectivity index (χ0n) is 13.0. The maximum atomic E-state index is 11.1. The van der Waals surface area contributed by atoms with Crippen molar-refractivity contribution in [3.63, 3.8) is 0 Å². The predicted molar refractivity (Wildman–Crippen MR) is 93.0 cm³/mol. The summed E-state index contributed by atoms with van der Waals surface area (Å²) >= 11 is 0. The highest BCUT2D eigenvalue weighted by atomic mass is 16.1. The molecule has 4 heteroatoms. The van der Waals surface area contributed by atoms with Crippen LogP contribution in [0.5, 0.6) is 0 Å². The average molecular weight is 307 g/mol. The van der Waals surface area contributed by atoms with Gasteiger partial charge in [-0.3, -0.25) is 9.69 Å². The van der Waals surface area contributed by atoms with Gasteiger partial charge in [-0.15, -0.1) is 0 Å². The molecule has 2 aromatic rings. The van der Waals surface area contributed by atoms with E-state index in [0.717, 1.165) is 31.7 Å². The third-order valence-electron chi connectivity index (χ3n) is 4.02. The summed E-state index contributed by atoms with van der Waals surface area (Å²) in [6.07, 6.45) is 3.22. The van der Waals surface area contributed by atoms with E-state index in [1.807, 2.05) is 18.2 Å². The number of nitrogens with one attached hydrogen (secondary N) is 1. The Morgan fingerprint density at radius 2 is 1.83 bits per heavy atom. The van der Waals surface area contributed by atoms with Gasteiger partial charge in [-0.25, -0.2) is 0 Å². The van der Waals surface area contributed by atoms with Crippen LogP contribution < -0.4 is 11.1 Å². The summed E-state index contributed by atoms with van der Waals surface area (Å²) in [6.45, 7) is 2.96. The Kier molecular flexibility index (Phi) is 4.74. The molecule has 0 atom stereocenters. The smallest absolute Gasteiger partial charge is 0.248 e. The van der Waals surface area contributed by atoms with Gasteiger partial charge in [0.15, 0.2) is 0 Å². The predicted octanol–water partition coefficient (Wildman–Crippen LogP) is 2.99. The van der Waals surface area contributed by atoms with E-state index in [4.69, 9.17) is 5.73 Å². The molecule has 0 fully saturated rings. The molecule has 0 bridgehead atoms. The Labute approximate surface area is 136 Å². The maximum Gasteiger partial charge on any atom is 0.248 e. The lowest BCUT2D eigenvalue weighted by Crippen LogP contribution is -2.29. The molecule has 1 amide bonds. The molecule has 0 spiro atoms. The number of benzene rings is 2. The summed E-state index contributed by atoms with van der Waals surface area (Å²) in [5.41, 5.74) is 9.33. The van der Waals surface area contributed by atoms with Gasteiger partial charge in [0.05, 0.1) is 0 Å². The molecule has 1 aliphatic rings. The van der Waals surface area contributed by atoms with E-state index in [1.54, 1.807) is 12.1 Å². The quantitative estimate of drug-likeness (QED) is 0.893. The van der Waals surface area contributed by atoms with Gasteiger partial charge in [-0.2, -0.15) is 0 Å². The van der Waals surface area contributed by atoms with Gasteiger partial charge in [0.25, 0.3) is 0 Å². The fourth-order valence-corrected chi connectivity index (χ4v) is 2.71. The van der Waals surface area contributed by atoms with Crippen molar-refractivity contribution in [1.82, 2.24) is 4.90 Å². The molecule has 2 aromatic carbocycles. The fourth-order valence-electron chi connectivity index (χ4n) is 2.71. The van der Waals surface area contributed by atoms with E-state index in [9.17, 15) is 4.79 Å². The Bertz CT molecular complexity index is 692. The number of carbonyl (C=O) groups excluding carboxylic acids is 1. The molecule has 3 N–H and O–H groups in total. The first-order valence-electron chi connectivity index (χ1n) is 7.83. The van der Waals surface area contributed by atoms with Crippen LogP contribution in [0, 0.1) is 0 Å². The van der Waals surface area contributed by atoms with Crippen LogP contribution in [0.15, 0.2) is 66.4 Å². The van der Waals surface area contributed by atoms with Crippen molar-refractivity contribution in [1.29, 1.82) is 0 Å². The molecule has 1 aliphatic heterocycles. The second-order valence-corrected chi connectivity index (χ2v) is 5.77. The first-order valence-corrected chi connectivity index (χ1v) is 7.83. The third-order valence-corrected chi connectivity index (χ3v) is 4.02. The molecular weight excluding hydrogens is 286 g/mol. The molecule has 0 radical (unpaired) electrons. The summed E-state index contributed by atoms with van der Waals surface area (Å²) < 4.78 is 0. The lowest BCUT2D eigenvalue weighted by Gasteiger charge is -2.27. The highest BCUT2D eigenvalue weighted by Crippen LogP contribution is 2.17. The lowest BCUT2D eigenvalue weighted by atomic mass is 10.1. The Morgan fingerprint density at radius 3 is 2.43 bits per heavy atom. The van der Waals surface area contributed by atoms with Crippen molar-refractivity contribution in [3.8, 4) is 0 Å². The van der Waals surface area contributed by atoms with Crippen LogP contribution in [0.2, 0.25) is 0 Å². The maximum absolute atomic E-state index is 11.1. The van der Waals surface area contributed by atoms with Crippen LogP contribution in [0.25, 0.3) is 0 Å². The van der Waals surface area contributed by atoms with Crippen LogP contribution in [0.1, 0.15) is 22.3 Å². The molecular formula is C19H21N3O. The standard InChI is InChI=1S/C19H21N3O/c20-19(23)16-6-8-17(9-7-16)21-18-10-12-22(13-11-18)14-15-4-2-1-3-5-15/h1-10,21H,11-14H2,(H2,20,23). The number of hydrogen-bond acceptors (Lipinski definition) is 3. The van der Waals surface area contributed by atoms with Crippen LogP contribution >= 0.6 is 0 Å². The number of hydrogen-bond donors (Lipinski definition) is 2. The molecule has 1 heterocycles. The minimum absolute atomic E-state index is 0.398. The van der Waals surface area contributed by atoms with Crippen molar-refractivity contribution >= 4 is 11.6 Å². The number of anilines is 1. The molecule has 0 saturated heterocycles. The summed E-state index contributed by atoms with van der Waals surface area (Å²) in [5.74, 6) is -0.398. The van der Waals surface area contributed by atoms with E-state index in [2.05, 4.69) is 40.6 Å². The average Bonchev–Trinajstić information content (AvgIpc) is 2.58. The van der Waals surface area contributed by atoms with Crippen LogP contribution in [-0.4, -0.2) is 23.9 Å². The second-order valence-electron chi connectivity index (χ2n) is 5.77. The highest BCUT2D eigenvalue weighted by molar-refractivity contribution is 5.93. The Morgan fingerprint density at radius 1 is 1.09 bits per heavy atom. The molecule has 4 nitrogen and oxygen atoms in total. The monoisotopic (exact) mass is 307 g/mol. The van der Waals surface area contributed by atoms with Gasteiger partial charge >= 0.3 is 0 Å². The highest BCUT2D eigenvalue weighted by Gasteiger charge is 2.12. The van der Waals surface area contributed by atoms with Gasteiger partial charge in [0.1, 0.15) is 0 Å². The molecule has 118 valence electrons. The van der Waals surface area contributed by atoms with E-state index < -0.39 is 5.91 Å². The zero-order chi connectivity index (χ0) is 16.1. The van der Waals surface area contributed by atoms with Crippen LogP contribution in [0.4, 0.5) is 5.69 Å². The van der Waals surface area contributed by atoms with E-state index >= 15 is 0 Å². The zero-order valence-corrected chi connectivity index (χ0v) is 13.0. The fraction of sp³-hybridized carbons (Fsp3) is 0.211. The third kappa shape index (κ3) is 4.20. The number of carbonyl (C=O) groups is 1. The van der Waals surface area contributed by atoms with Crippen molar-refractivity contribution < 1.29 is 4.79 Å². The van der Waals surface area contributed by atoms with Gasteiger partial charge < -0.3 is 11.1 Å². The number of amides is 1. The Hall–Kier alpha value is -2.59. The largest absolute Gasteiger partial charge is 0.366 e. The Balaban J connectivity index is 1.55. The summed E-state index contributed by atoms with van der Waals surface area (Å²) in [7, 11) is 0. The van der Waals surface area contributed by atoms with Crippen LogP contribution in [-0.2, 0) is 6.54 Å². The van der Waals surface area contributed by atoms with Crippen LogP contribution in [0.3, 0.4) is 0 Å². The van der Waals surface area contributed by atoms with Crippen molar-refractivity contribution in [3.05, 3.63) is 77.5 Å². The molecule has 0 saturated carbocycles. The normalized spacial score (nSPS) is 15.0. The first-order chi connectivity index (χ1) is 11.2. The first kappa shape index (κ1) is 15.3. The molecule has 0 aliphatic carbocycles. The molecule has 3 rings (SSSR count). The summed E-state index contributed by atoms with van der Waals surface area (Å²) in [4.78, 5) is 13.5. The number of nitrogens with two attached hydrogens (primary N) is 1. The van der Waals surface area contributed by atoms with Crippen molar-refractivity contribution in [2.75, 3.05) is 18.4 Å². The number of primary amides is 1. The minimum Gasteiger partial charge on any atom is -0.366 e. The molecule has 0 aromatic heterocycles.